The maximum Gasteiger partial charge on any atom is 0.155 e. The highest BCUT2D eigenvalue weighted by atomic mass is 15.5. The summed E-state index contributed by atoms with van der Waals surface area (Å²) in [6.45, 7) is 6.28. The molecule has 4 heteroatoms. The summed E-state index contributed by atoms with van der Waals surface area (Å²) < 4.78 is 1.69. The van der Waals surface area contributed by atoms with E-state index in [4.69, 9.17) is 5.73 Å². The van der Waals surface area contributed by atoms with Crippen molar-refractivity contribution in [3.05, 3.63) is 59.2 Å². The van der Waals surface area contributed by atoms with Crippen molar-refractivity contribution in [2.24, 2.45) is 0 Å². The lowest BCUT2D eigenvalue weighted by atomic mass is 10.0. The van der Waals surface area contributed by atoms with Crippen LogP contribution in [0, 0.1) is 13.8 Å². The van der Waals surface area contributed by atoms with E-state index in [1.54, 1.807) is 4.68 Å². The van der Waals surface area contributed by atoms with Crippen molar-refractivity contribution in [1.82, 2.24) is 15.0 Å². The molecule has 0 saturated carbocycles. The Bertz CT molecular complexity index is 800. The molecule has 2 N–H and O–H groups in total. The largest absolute Gasteiger partial charge is 0.382 e. The maximum absolute atomic E-state index is 6.28. The first kappa shape index (κ1) is 14.3. The van der Waals surface area contributed by atoms with Crippen LogP contribution in [0.15, 0.2) is 42.5 Å². The Morgan fingerprint density at radius 3 is 2.41 bits per heavy atom. The Labute approximate surface area is 130 Å². The first-order chi connectivity index (χ1) is 10.6. The molecule has 0 aliphatic heterocycles. The van der Waals surface area contributed by atoms with Crippen LogP contribution in [0.2, 0.25) is 0 Å². The summed E-state index contributed by atoms with van der Waals surface area (Å²) in [5.41, 5.74) is 12.6. The second-order valence-corrected chi connectivity index (χ2v) is 5.57. The quantitative estimate of drug-likeness (QED) is 0.801. The van der Waals surface area contributed by atoms with Gasteiger partial charge in [-0.3, -0.25) is 0 Å². The van der Waals surface area contributed by atoms with Gasteiger partial charge in [-0.1, -0.05) is 48.0 Å². The van der Waals surface area contributed by atoms with Gasteiger partial charge in [0, 0.05) is 5.56 Å². The predicted octanol–water partition coefficient (Wildman–Crippen LogP) is 3.70. The molecule has 1 aromatic heterocycles. The summed E-state index contributed by atoms with van der Waals surface area (Å²) in [7, 11) is 0. The molecule has 3 aromatic rings. The van der Waals surface area contributed by atoms with Crippen molar-refractivity contribution in [3.8, 4) is 16.9 Å². The fourth-order valence-electron chi connectivity index (χ4n) is 2.62. The molecule has 112 valence electrons. The monoisotopic (exact) mass is 292 g/mol. The molecule has 1 heterocycles. The van der Waals surface area contributed by atoms with E-state index in [2.05, 4.69) is 61.4 Å². The average Bonchev–Trinajstić information content (AvgIpc) is 2.89. The van der Waals surface area contributed by atoms with Gasteiger partial charge in [0.2, 0.25) is 0 Å². The third-order valence-corrected chi connectivity index (χ3v) is 3.93. The number of rotatable bonds is 3. The zero-order chi connectivity index (χ0) is 15.7. The Hall–Kier alpha value is -2.62. The molecule has 0 atom stereocenters. The number of hydrogen-bond acceptors (Lipinski definition) is 3. The van der Waals surface area contributed by atoms with Crippen molar-refractivity contribution in [1.29, 1.82) is 0 Å². The van der Waals surface area contributed by atoms with E-state index in [0.29, 0.717) is 5.82 Å². The first-order valence-corrected chi connectivity index (χ1v) is 7.48. The van der Waals surface area contributed by atoms with Gasteiger partial charge in [0.05, 0.1) is 5.69 Å². The van der Waals surface area contributed by atoms with E-state index in [1.807, 2.05) is 12.1 Å². The standard InChI is InChI=1S/C18H20N4/c1-4-14-6-8-15(9-7-14)22-18(19)17(20-21-22)16-10-5-12(2)11-13(16)3/h5-11H,4,19H2,1-3H3. The van der Waals surface area contributed by atoms with E-state index in [1.165, 1.54) is 11.1 Å². The Balaban J connectivity index is 2.04. The van der Waals surface area contributed by atoms with Gasteiger partial charge < -0.3 is 5.73 Å². The van der Waals surface area contributed by atoms with Gasteiger partial charge in [-0.2, -0.15) is 4.68 Å². The van der Waals surface area contributed by atoms with Crippen LogP contribution in [0.3, 0.4) is 0 Å². The van der Waals surface area contributed by atoms with Crippen LogP contribution in [0.25, 0.3) is 16.9 Å². The van der Waals surface area contributed by atoms with Gasteiger partial charge in [-0.05, 0) is 43.5 Å². The van der Waals surface area contributed by atoms with E-state index in [9.17, 15) is 0 Å². The molecule has 0 fully saturated rings. The van der Waals surface area contributed by atoms with E-state index < -0.39 is 0 Å². The van der Waals surface area contributed by atoms with Crippen LogP contribution in [-0.4, -0.2) is 15.0 Å². The molecule has 22 heavy (non-hydrogen) atoms. The minimum Gasteiger partial charge on any atom is -0.382 e. The normalized spacial score (nSPS) is 10.9. The lowest BCUT2D eigenvalue weighted by Gasteiger charge is -2.07. The zero-order valence-electron chi connectivity index (χ0n) is 13.2. The van der Waals surface area contributed by atoms with Crippen molar-refractivity contribution in [3.63, 3.8) is 0 Å². The number of aryl methyl sites for hydroxylation is 3. The fourth-order valence-corrected chi connectivity index (χ4v) is 2.62. The molecular weight excluding hydrogens is 272 g/mol. The van der Waals surface area contributed by atoms with E-state index >= 15 is 0 Å². The molecule has 0 aliphatic rings. The number of nitrogens with two attached hydrogens (primary N) is 1. The highest BCUT2D eigenvalue weighted by Crippen LogP contribution is 2.28. The van der Waals surface area contributed by atoms with Gasteiger partial charge in [-0.15, -0.1) is 5.10 Å². The highest BCUT2D eigenvalue weighted by molar-refractivity contribution is 5.73. The average molecular weight is 292 g/mol. The molecule has 2 aromatic carbocycles. The molecule has 0 amide bonds. The first-order valence-electron chi connectivity index (χ1n) is 7.48. The van der Waals surface area contributed by atoms with Gasteiger partial charge >= 0.3 is 0 Å². The number of anilines is 1. The number of benzene rings is 2. The van der Waals surface area contributed by atoms with Gasteiger partial charge in [0.15, 0.2) is 5.82 Å². The third-order valence-electron chi connectivity index (χ3n) is 3.93. The van der Waals surface area contributed by atoms with Crippen LogP contribution >= 0.6 is 0 Å². The number of nitrogen functional groups attached to an aromatic ring is 1. The summed E-state index contributed by atoms with van der Waals surface area (Å²) in [5.74, 6) is 0.566. The predicted molar refractivity (Wildman–Crippen MR) is 90.1 cm³/mol. The fraction of sp³-hybridized carbons (Fsp3) is 0.222. The molecule has 0 bridgehead atoms. The van der Waals surface area contributed by atoms with Crippen LogP contribution in [0.1, 0.15) is 23.6 Å². The number of hydrogen-bond donors (Lipinski definition) is 1. The second kappa shape index (κ2) is 5.64. The molecule has 0 unspecified atom stereocenters. The Morgan fingerprint density at radius 1 is 1.05 bits per heavy atom. The van der Waals surface area contributed by atoms with Crippen molar-refractivity contribution < 1.29 is 0 Å². The van der Waals surface area contributed by atoms with Crippen LogP contribution in [0.5, 0.6) is 0 Å². The Kier molecular flexibility index (Phi) is 3.67. The molecular formula is C18H20N4. The summed E-state index contributed by atoms with van der Waals surface area (Å²) in [5, 5.41) is 8.51. The topological polar surface area (TPSA) is 56.7 Å². The maximum atomic E-state index is 6.28. The lowest BCUT2D eigenvalue weighted by molar-refractivity contribution is 0.810. The van der Waals surface area contributed by atoms with E-state index in [0.717, 1.165) is 28.9 Å². The summed E-state index contributed by atoms with van der Waals surface area (Å²) in [4.78, 5) is 0. The molecule has 4 nitrogen and oxygen atoms in total. The zero-order valence-corrected chi connectivity index (χ0v) is 13.2. The number of nitrogens with zero attached hydrogens (tertiary/aromatic N) is 3. The van der Waals surface area contributed by atoms with E-state index in [-0.39, 0.29) is 0 Å². The summed E-state index contributed by atoms with van der Waals surface area (Å²) in [6, 6.07) is 14.5. The van der Waals surface area contributed by atoms with Crippen LogP contribution in [0.4, 0.5) is 5.82 Å². The summed E-state index contributed by atoms with van der Waals surface area (Å²) in [6.07, 6.45) is 1.01. The third kappa shape index (κ3) is 2.48. The van der Waals surface area contributed by atoms with Gasteiger partial charge in [-0.25, -0.2) is 0 Å². The van der Waals surface area contributed by atoms with Crippen molar-refractivity contribution in [2.45, 2.75) is 27.2 Å². The summed E-state index contributed by atoms with van der Waals surface area (Å²) >= 11 is 0. The van der Waals surface area contributed by atoms with Gasteiger partial charge in [0.1, 0.15) is 5.69 Å². The highest BCUT2D eigenvalue weighted by Gasteiger charge is 2.14. The Morgan fingerprint density at radius 2 is 1.77 bits per heavy atom. The van der Waals surface area contributed by atoms with Crippen LogP contribution in [-0.2, 0) is 6.42 Å². The van der Waals surface area contributed by atoms with Gasteiger partial charge in [0.25, 0.3) is 0 Å². The van der Waals surface area contributed by atoms with Crippen LogP contribution < -0.4 is 5.73 Å². The molecule has 0 aliphatic carbocycles. The number of aromatic nitrogens is 3. The minimum absolute atomic E-state index is 0.566. The second-order valence-electron chi connectivity index (χ2n) is 5.57. The molecule has 0 radical (unpaired) electrons. The smallest absolute Gasteiger partial charge is 0.155 e. The van der Waals surface area contributed by atoms with Crippen molar-refractivity contribution >= 4 is 5.82 Å². The molecule has 0 saturated heterocycles. The molecule has 0 spiro atoms. The SMILES string of the molecule is CCc1ccc(-n2nnc(-c3ccc(C)cc3C)c2N)cc1. The lowest BCUT2D eigenvalue weighted by Crippen LogP contribution is -2.02. The molecule has 3 rings (SSSR count). The minimum atomic E-state index is 0.566. The van der Waals surface area contributed by atoms with Crippen molar-refractivity contribution in [2.75, 3.05) is 5.73 Å².